The van der Waals surface area contributed by atoms with Crippen molar-refractivity contribution in [1.29, 1.82) is 0 Å². The van der Waals surface area contributed by atoms with Crippen LogP contribution in [0.5, 0.6) is 0 Å². The Morgan fingerprint density at radius 3 is 2.47 bits per heavy atom. The highest BCUT2D eigenvalue weighted by atomic mass is 79.9. The van der Waals surface area contributed by atoms with Crippen LogP contribution < -0.4 is 0 Å². The fourth-order valence-electron chi connectivity index (χ4n) is 1.73. The molecule has 0 saturated carbocycles. The van der Waals surface area contributed by atoms with Crippen LogP contribution in [0.1, 0.15) is 37.7 Å². The SMILES string of the molecule is CC(=O)C(CCCCBr)c1ccccc1. The number of carbonyl (C=O) groups excluding carboxylic acids is 1. The molecular weight excluding hydrogens is 252 g/mol. The minimum Gasteiger partial charge on any atom is -0.299 e. The van der Waals surface area contributed by atoms with Crippen LogP contribution in [0.15, 0.2) is 30.3 Å². The average molecular weight is 269 g/mol. The van der Waals surface area contributed by atoms with E-state index in [0.29, 0.717) is 0 Å². The third-order valence-corrected chi connectivity index (χ3v) is 3.13. The second-order valence-corrected chi connectivity index (χ2v) is 4.55. The van der Waals surface area contributed by atoms with E-state index >= 15 is 0 Å². The second kappa shape index (κ2) is 6.78. The van der Waals surface area contributed by atoms with Gasteiger partial charge in [-0.1, -0.05) is 52.7 Å². The summed E-state index contributed by atoms with van der Waals surface area (Å²) in [6.45, 7) is 1.69. The molecule has 82 valence electrons. The summed E-state index contributed by atoms with van der Waals surface area (Å²) in [7, 11) is 0. The first kappa shape index (κ1) is 12.4. The molecule has 2 heteroatoms. The summed E-state index contributed by atoms with van der Waals surface area (Å²) in [4.78, 5) is 11.5. The predicted molar refractivity (Wildman–Crippen MR) is 67.5 cm³/mol. The summed E-state index contributed by atoms with van der Waals surface area (Å²) in [6, 6.07) is 10.1. The van der Waals surface area contributed by atoms with E-state index in [1.54, 1.807) is 6.92 Å². The highest BCUT2D eigenvalue weighted by Gasteiger charge is 2.15. The summed E-state index contributed by atoms with van der Waals surface area (Å²) in [5.41, 5.74) is 1.15. The first-order valence-corrected chi connectivity index (χ1v) is 6.49. The van der Waals surface area contributed by atoms with Crippen molar-refractivity contribution in [1.82, 2.24) is 0 Å². The summed E-state index contributed by atoms with van der Waals surface area (Å²) in [5.74, 6) is 0.362. The summed E-state index contributed by atoms with van der Waals surface area (Å²) >= 11 is 3.41. The fraction of sp³-hybridized carbons (Fsp3) is 0.462. The largest absolute Gasteiger partial charge is 0.299 e. The lowest BCUT2D eigenvalue weighted by Crippen LogP contribution is -2.08. The minimum absolute atomic E-state index is 0.0882. The molecule has 0 spiro atoms. The zero-order valence-electron chi connectivity index (χ0n) is 9.08. The zero-order valence-corrected chi connectivity index (χ0v) is 10.7. The fourth-order valence-corrected chi connectivity index (χ4v) is 2.13. The Labute approximate surface area is 100 Å². The van der Waals surface area contributed by atoms with E-state index in [1.165, 1.54) is 0 Å². The first-order valence-electron chi connectivity index (χ1n) is 5.37. The van der Waals surface area contributed by atoms with Gasteiger partial charge in [-0.3, -0.25) is 4.79 Å². The van der Waals surface area contributed by atoms with Crippen molar-refractivity contribution in [2.24, 2.45) is 0 Å². The molecule has 0 amide bonds. The predicted octanol–water partition coefficient (Wildman–Crippen LogP) is 3.92. The highest BCUT2D eigenvalue weighted by molar-refractivity contribution is 9.09. The van der Waals surface area contributed by atoms with E-state index in [0.717, 1.165) is 30.2 Å². The van der Waals surface area contributed by atoms with Crippen LogP contribution >= 0.6 is 15.9 Å². The molecule has 0 radical (unpaired) electrons. The number of alkyl halides is 1. The topological polar surface area (TPSA) is 17.1 Å². The number of hydrogen-bond donors (Lipinski definition) is 0. The maximum absolute atomic E-state index is 11.5. The van der Waals surface area contributed by atoms with Crippen LogP contribution in [0.25, 0.3) is 0 Å². The zero-order chi connectivity index (χ0) is 11.1. The Morgan fingerprint density at radius 1 is 1.27 bits per heavy atom. The Balaban J connectivity index is 2.62. The number of Topliss-reactive ketones (excluding diaryl/α,β-unsaturated/α-hetero) is 1. The molecule has 0 aliphatic heterocycles. The van der Waals surface area contributed by atoms with E-state index in [2.05, 4.69) is 15.9 Å². The van der Waals surface area contributed by atoms with Gasteiger partial charge in [-0.05, 0) is 25.3 Å². The van der Waals surface area contributed by atoms with Gasteiger partial charge in [0, 0.05) is 11.2 Å². The van der Waals surface area contributed by atoms with E-state index in [9.17, 15) is 4.79 Å². The third kappa shape index (κ3) is 4.17. The summed E-state index contributed by atoms with van der Waals surface area (Å²) in [6.07, 6.45) is 3.20. The van der Waals surface area contributed by atoms with E-state index in [4.69, 9.17) is 0 Å². The number of benzene rings is 1. The molecule has 1 aromatic carbocycles. The standard InChI is InChI=1S/C13H17BrO/c1-11(15)13(9-5-6-10-14)12-7-3-2-4-8-12/h2-4,7-8,13H,5-6,9-10H2,1H3. The Hall–Kier alpha value is -0.630. The van der Waals surface area contributed by atoms with Crippen molar-refractivity contribution >= 4 is 21.7 Å². The second-order valence-electron chi connectivity index (χ2n) is 3.76. The van der Waals surface area contributed by atoms with Crippen molar-refractivity contribution in [3.63, 3.8) is 0 Å². The van der Waals surface area contributed by atoms with Crippen LogP contribution in [0.3, 0.4) is 0 Å². The van der Waals surface area contributed by atoms with Crippen molar-refractivity contribution in [2.45, 2.75) is 32.1 Å². The summed E-state index contributed by atoms with van der Waals surface area (Å²) in [5, 5.41) is 1.02. The number of ketones is 1. The maximum atomic E-state index is 11.5. The molecule has 0 N–H and O–H groups in total. The average Bonchev–Trinajstić information content (AvgIpc) is 2.25. The van der Waals surface area contributed by atoms with Gasteiger partial charge in [-0.15, -0.1) is 0 Å². The normalized spacial score (nSPS) is 12.4. The first-order chi connectivity index (χ1) is 7.25. The molecule has 0 aliphatic rings. The number of carbonyl (C=O) groups is 1. The quantitative estimate of drug-likeness (QED) is 0.565. The number of unbranched alkanes of at least 4 members (excludes halogenated alkanes) is 1. The van der Waals surface area contributed by atoms with Crippen molar-refractivity contribution in [2.75, 3.05) is 5.33 Å². The van der Waals surface area contributed by atoms with Crippen molar-refractivity contribution in [3.05, 3.63) is 35.9 Å². The smallest absolute Gasteiger partial charge is 0.137 e. The van der Waals surface area contributed by atoms with Crippen molar-refractivity contribution in [3.8, 4) is 0 Å². The van der Waals surface area contributed by atoms with Crippen LogP contribution in [0.4, 0.5) is 0 Å². The van der Waals surface area contributed by atoms with Gasteiger partial charge in [-0.2, -0.15) is 0 Å². The molecule has 15 heavy (non-hydrogen) atoms. The van der Waals surface area contributed by atoms with Gasteiger partial charge in [0.1, 0.15) is 5.78 Å². The van der Waals surface area contributed by atoms with Crippen LogP contribution in [-0.4, -0.2) is 11.1 Å². The Bertz CT molecular complexity index is 295. The monoisotopic (exact) mass is 268 g/mol. The van der Waals surface area contributed by atoms with Gasteiger partial charge >= 0.3 is 0 Å². The lowest BCUT2D eigenvalue weighted by Gasteiger charge is -2.13. The van der Waals surface area contributed by atoms with Crippen molar-refractivity contribution < 1.29 is 4.79 Å². The minimum atomic E-state index is 0.0882. The molecule has 0 saturated heterocycles. The van der Waals surface area contributed by atoms with E-state index < -0.39 is 0 Å². The molecule has 0 bridgehead atoms. The molecule has 1 unspecified atom stereocenters. The van der Waals surface area contributed by atoms with Crippen LogP contribution in [-0.2, 0) is 4.79 Å². The van der Waals surface area contributed by atoms with Crippen LogP contribution in [0.2, 0.25) is 0 Å². The number of halogens is 1. The molecule has 1 atom stereocenters. The lowest BCUT2D eigenvalue weighted by molar-refractivity contribution is -0.118. The maximum Gasteiger partial charge on any atom is 0.137 e. The van der Waals surface area contributed by atoms with Gasteiger partial charge in [-0.25, -0.2) is 0 Å². The molecule has 0 aliphatic carbocycles. The Morgan fingerprint density at radius 2 is 1.93 bits per heavy atom. The van der Waals surface area contributed by atoms with Gasteiger partial charge in [0.05, 0.1) is 0 Å². The van der Waals surface area contributed by atoms with Gasteiger partial charge in [0.25, 0.3) is 0 Å². The van der Waals surface area contributed by atoms with Crippen LogP contribution in [0, 0.1) is 0 Å². The highest BCUT2D eigenvalue weighted by Crippen LogP contribution is 2.22. The van der Waals surface area contributed by atoms with Gasteiger partial charge in [0.15, 0.2) is 0 Å². The molecule has 1 nitrogen and oxygen atoms in total. The van der Waals surface area contributed by atoms with Gasteiger partial charge < -0.3 is 0 Å². The number of rotatable bonds is 6. The molecule has 1 rings (SSSR count). The molecule has 0 heterocycles. The third-order valence-electron chi connectivity index (χ3n) is 2.57. The molecule has 1 aromatic rings. The number of hydrogen-bond acceptors (Lipinski definition) is 1. The molecular formula is C13H17BrO. The van der Waals surface area contributed by atoms with E-state index in [-0.39, 0.29) is 11.7 Å². The lowest BCUT2D eigenvalue weighted by atomic mass is 9.90. The molecule has 0 aromatic heterocycles. The molecule has 0 fully saturated rings. The van der Waals surface area contributed by atoms with Gasteiger partial charge in [0.2, 0.25) is 0 Å². The summed E-state index contributed by atoms with van der Waals surface area (Å²) < 4.78 is 0. The van der Waals surface area contributed by atoms with E-state index in [1.807, 2.05) is 30.3 Å². The Kier molecular flexibility index (Phi) is 5.62.